The molecule has 0 saturated heterocycles. The van der Waals surface area contributed by atoms with Crippen molar-refractivity contribution >= 4 is 12.6 Å². The third kappa shape index (κ3) is 0.787. The van der Waals surface area contributed by atoms with Crippen molar-refractivity contribution in [3.8, 4) is 0 Å². The maximum Gasteiger partial charge on any atom is 0.276 e. The Morgan fingerprint density at radius 1 is 1.45 bits per heavy atom. The summed E-state index contributed by atoms with van der Waals surface area (Å²) in [5.74, 6) is 6.48. The molecule has 0 fully saturated rings. The minimum atomic E-state index is -0.0116. The SMILES string of the molecule is NC1=C[N+]2(N)C=NC=C2N=C1. The van der Waals surface area contributed by atoms with Crippen LogP contribution in [0.5, 0.6) is 0 Å². The fourth-order valence-electron chi connectivity index (χ4n) is 1.02. The average molecular weight is 150 g/mol. The molecule has 2 heterocycles. The van der Waals surface area contributed by atoms with E-state index in [9.17, 15) is 0 Å². The molecule has 0 aromatic rings. The summed E-state index contributed by atoms with van der Waals surface area (Å²) in [4.78, 5) is 7.89. The smallest absolute Gasteiger partial charge is 0.276 e. The lowest BCUT2D eigenvalue weighted by atomic mass is 10.4. The van der Waals surface area contributed by atoms with Gasteiger partial charge in [-0.1, -0.05) is 0 Å². The number of nitrogens with two attached hydrogens (primary N) is 2. The molecule has 56 valence electrons. The van der Waals surface area contributed by atoms with Crippen molar-refractivity contribution in [3.63, 3.8) is 0 Å². The van der Waals surface area contributed by atoms with Crippen LogP contribution in [0.2, 0.25) is 0 Å². The van der Waals surface area contributed by atoms with E-state index in [-0.39, 0.29) is 4.59 Å². The molecule has 0 amide bonds. The second kappa shape index (κ2) is 1.77. The number of nitrogens with zero attached hydrogens (tertiary/aromatic N) is 3. The van der Waals surface area contributed by atoms with Gasteiger partial charge < -0.3 is 5.73 Å². The quantitative estimate of drug-likeness (QED) is 0.357. The lowest BCUT2D eigenvalue weighted by molar-refractivity contribution is -0.751. The van der Waals surface area contributed by atoms with Gasteiger partial charge in [-0.15, -0.1) is 4.59 Å². The molecule has 2 aliphatic rings. The number of fused-ring (bicyclic) bond motifs is 1. The highest BCUT2D eigenvalue weighted by atomic mass is 15.6. The van der Waals surface area contributed by atoms with Crippen LogP contribution in [0.1, 0.15) is 0 Å². The Morgan fingerprint density at radius 2 is 2.27 bits per heavy atom. The number of aliphatic imine (C=N–C) groups is 2. The molecule has 0 saturated carbocycles. The molecule has 2 rings (SSSR count). The van der Waals surface area contributed by atoms with Crippen LogP contribution >= 0.6 is 0 Å². The van der Waals surface area contributed by atoms with Crippen LogP contribution in [0.4, 0.5) is 0 Å². The maximum atomic E-state index is 5.80. The Bertz CT molecular complexity index is 311. The molecule has 0 spiro atoms. The molecule has 0 aromatic carbocycles. The molecule has 5 heteroatoms. The first-order valence-electron chi connectivity index (χ1n) is 3.15. The van der Waals surface area contributed by atoms with Gasteiger partial charge >= 0.3 is 0 Å². The van der Waals surface area contributed by atoms with Crippen molar-refractivity contribution < 1.29 is 4.59 Å². The van der Waals surface area contributed by atoms with Gasteiger partial charge in [0.15, 0.2) is 6.20 Å². The van der Waals surface area contributed by atoms with E-state index in [0.717, 1.165) is 0 Å². The van der Waals surface area contributed by atoms with E-state index in [1.165, 1.54) is 0 Å². The van der Waals surface area contributed by atoms with E-state index in [4.69, 9.17) is 11.6 Å². The van der Waals surface area contributed by atoms with E-state index in [0.29, 0.717) is 11.5 Å². The molecule has 0 bridgehead atoms. The monoisotopic (exact) mass is 150 g/mol. The summed E-state index contributed by atoms with van der Waals surface area (Å²) >= 11 is 0. The van der Waals surface area contributed by atoms with Gasteiger partial charge in [-0.2, -0.15) is 10.8 Å². The third-order valence-electron chi connectivity index (χ3n) is 1.55. The largest absolute Gasteiger partial charge is 0.393 e. The van der Waals surface area contributed by atoms with Crippen LogP contribution in [-0.4, -0.2) is 17.1 Å². The Morgan fingerprint density at radius 3 is 3.09 bits per heavy atom. The van der Waals surface area contributed by atoms with Gasteiger partial charge in [0.1, 0.15) is 11.9 Å². The van der Waals surface area contributed by atoms with E-state index >= 15 is 0 Å². The van der Waals surface area contributed by atoms with Gasteiger partial charge in [0.25, 0.3) is 5.82 Å². The molecule has 11 heavy (non-hydrogen) atoms. The van der Waals surface area contributed by atoms with Crippen molar-refractivity contribution in [2.75, 3.05) is 0 Å². The highest BCUT2D eigenvalue weighted by molar-refractivity contribution is 5.79. The number of quaternary nitrogens is 1. The summed E-state index contributed by atoms with van der Waals surface area (Å²) < 4.78 is -0.0116. The lowest BCUT2D eigenvalue weighted by Crippen LogP contribution is -2.47. The van der Waals surface area contributed by atoms with Gasteiger partial charge in [0, 0.05) is 0 Å². The normalized spacial score (nSPS) is 33.2. The first-order valence-corrected chi connectivity index (χ1v) is 3.15. The Hall–Kier alpha value is -1.46. The van der Waals surface area contributed by atoms with E-state index < -0.39 is 0 Å². The molecule has 1 atom stereocenters. The predicted octanol–water partition coefficient (Wildman–Crippen LogP) is -0.598. The lowest BCUT2D eigenvalue weighted by Gasteiger charge is -2.20. The van der Waals surface area contributed by atoms with Gasteiger partial charge in [0.2, 0.25) is 6.34 Å². The van der Waals surface area contributed by atoms with E-state index in [1.54, 1.807) is 25.0 Å². The summed E-state index contributed by atoms with van der Waals surface area (Å²) in [5, 5.41) is 0. The molecule has 0 radical (unpaired) electrons. The molecule has 4 N–H and O–H groups in total. The average Bonchev–Trinajstić information content (AvgIpc) is 2.28. The zero-order valence-electron chi connectivity index (χ0n) is 5.81. The topological polar surface area (TPSA) is 76.8 Å². The molecule has 2 aliphatic heterocycles. The van der Waals surface area contributed by atoms with Crippen LogP contribution < -0.4 is 11.6 Å². The highest BCUT2D eigenvalue weighted by Crippen LogP contribution is 2.20. The van der Waals surface area contributed by atoms with Crippen LogP contribution in [-0.2, 0) is 0 Å². The zero-order chi connectivity index (χ0) is 7.90. The fraction of sp³-hybridized carbons (Fsp3) is 0. The number of hydrogen-bond acceptors (Lipinski definition) is 4. The van der Waals surface area contributed by atoms with Crippen LogP contribution in [0.3, 0.4) is 0 Å². The molecule has 5 nitrogen and oxygen atoms in total. The second-order valence-corrected chi connectivity index (χ2v) is 2.47. The van der Waals surface area contributed by atoms with E-state index in [2.05, 4.69) is 9.98 Å². The van der Waals surface area contributed by atoms with Crippen LogP contribution in [0.25, 0.3) is 0 Å². The first-order chi connectivity index (χ1) is 5.21. The maximum absolute atomic E-state index is 5.80. The second-order valence-electron chi connectivity index (χ2n) is 2.47. The zero-order valence-corrected chi connectivity index (χ0v) is 5.81. The summed E-state index contributed by atoms with van der Waals surface area (Å²) in [5.41, 5.74) is 6.06. The Kier molecular flexibility index (Phi) is 1.01. The summed E-state index contributed by atoms with van der Waals surface area (Å²) in [7, 11) is 0. The number of rotatable bonds is 0. The molecular weight excluding hydrogens is 142 g/mol. The highest BCUT2D eigenvalue weighted by Gasteiger charge is 2.32. The van der Waals surface area contributed by atoms with Crippen molar-refractivity contribution in [3.05, 3.63) is 23.9 Å². The van der Waals surface area contributed by atoms with Gasteiger partial charge in [-0.05, 0) is 0 Å². The van der Waals surface area contributed by atoms with Gasteiger partial charge in [0.05, 0.1) is 6.21 Å². The predicted molar refractivity (Wildman–Crippen MR) is 41.8 cm³/mol. The van der Waals surface area contributed by atoms with Crippen molar-refractivity contribution in [1.82, 2.24) is 0 Å². The molecular formula is C6H8N5+. The van der Waals surface area contributed by atoms with Crippen LogP contribution in [0.15, 0.2) is 33.9 Å². The van der Waals surface area contributed by atoms with Crippen molar-refractivity contribution in [2.45, 2.75) is 0 Å². The van der Waals surface area contributed by atoms with Crippen LogP contribution in [0, 0.1) is 0 Å². The molecule has 1 unspecified atom stereocenters. The van der Waals surface area contributed by atoms with Crippen molar-refractivity contribution in [1.29, 1.82) is 0 Å². The Labute approximate surface area is 63.6 Å². The summed E-state index contributed by atoms with van der Waals surface area (Å²) in [6.07, 6.45) is 6.41. The Balaban J connectivity index is 2.51. The minimum absolute atomic E-state index is 0.0116. The fourth-order valence-corrected chi connectivity index (χ4v) is 1.02. The minimum Gasteiger partial charge on any atom is -0.393 e. The number of hydrogen-bond donors (Lipinski definition) is 2. The summed E-state index contributed by atoms with van der Waals surface area (Å²) in [6.45, 7) is 0. The number of allylic oxidation sites excluding steroid dienone is 1. The third-order valence-corrected chi connectivity index (χ3v) is 1.55. The standard InChI is InChI=1S/C6H8N5/c7-5-1-10-6-2-9-4-11(6,8)3-5/h1-4H,7-8H2/q+1. The molecule has 0 aromatic heterocycles. The molecule has 0 aliphatic carbocycles. The van der Waals surface area contributed by atoms with Gasteiger partial charge in [-0.3, -0.25) is 0 Å². The van der Waals surface area contributed by atoms with E-state index in [1.807, 2.05) is 0 Å². The van der Waals surface area contributed by atoms with Crippen molar-refractivity contribution in [2.24, 2.45) is 21.6 Å². The first kappa shape index (κ1) is 6.26. The van der Waals surface area contributed by atoms with Gasteiger partial charge in [-0.25, -0.2) is 4.99 Å². The summed E-state index contributed by atoms with van der Waals surface area (Å²) in [6, 6.07) is 0.